The summed E-state index contributed by atoms with van der Waals surface area (Å²) in [5.74, 6) is 0. The van der Waals surface area contributed by atoms with Gasteiger partial charge < -0.3 is 25.2 Å². The molecule has 0 aliphatic carbocycles. The van der Waals surface area contributed by atoms with Crippen LogP contribution in [0.15, 0.2) is 29.2 Å². The Balaban J connectivity index is 0.000000785. The molecule has 0 aromatic heterocycles. The first-order valence-electron chi connectivity index (χ1n) is 11.8. The molecule has 4 unspecified atom stereocenters. The minimum atomic E-state index is -3.60. The standard InChI is InChI=1S/C18H31NO2S.C6H12O5/c1-2-3-4-5-6-7-8-9-10-11-14-17-15-12-13-16-18(17)22(19,20)21;1-3(8)5(10)6(11)4(9)2-7/h12-13,15-16H,2-11,14H2,1H3,(H2,19,20,21);2-6,8-11H,1H3. The van der Waals surface area contributed by atoms with E-state index < -0.39 is 34.4 Å². The Hall–Kier alpha value is -1.36. The van der Waals surface area contributed by atoms with Crippen LogP contribution in [0.3, 0.4) is 0 Å². The summed E-state index contributed by atoms with van der Waals surface area (Å²) in [5, 5.41) is 40.3. The molecule has 4 atom stereocenters. The first kappa shape index (κ1) is 31.6. The van der Waals surface area contributed by atoms with Gasteiger partial charge in [0.05, 0.1) is 11.0 Å². The first-order chi connectivity index (χ1) is 15.6. The Labute approximate surface area is 198 Å². The summed E-state index contributed by atoms with van der Waals surface area (Å²) in [6.07, 6.45) is 7.75. The van der Waals surface area contributed by atoms with E-state index >= 15 is 0 Å². The van der Waals surface area contributed by atoms with Crippen LogP contribution < -0.4 is 5.14 Å². The summed E-state index contributed by atoms with van der Waals surface area (Å²) in [6.45, 7) is 3.49. The smallest absolute Gasteiger partial charge is 0.238 e. The van der Waals surface area contributed by atoms with Crippen molar-refractivity contribution in [1.82, 2.24) is 0 Å². The quantitative estimate of drug-likeness (QED) is 0.176. The highest BCUT2D eigenvalue weighted by Gasteiger charge is 2.27. The van der Waals surface area contributed by atoms with Crippen LogP contribution in [0, 0.1) is 0 Å². The summed E-state index contributed by atoms with van der Waals surface area (Å²) in [7, 11) is -3.60. The Kier molecular flexibility index (Phi) is 17.3. The fourth-order valence-corrected chi connectivity index (χ4v) is 4.16. The van der Waals surface area contributed by atoms with E-state index in [1.807, 2.05) is 12.1 Å². The van der Waals surface area contributed by atoms with Gasteiger partial charge >= 0.3 is 0 Å². The van der Waals surface area contributed by atoms with Crippen molar-refractivity contribution in [3.63, 3.8) is 0 Å². The van der Waals surface area contributed by atoms with Crippen molar-refractivity contribution >= 4 is 16.3 Å². The average Bonchev–Trinajstić information content (AvgIpc) is 2.78. The van der Waals surface area contributed by atoms with E-state index in [9.17, 15) is 13.2 Å². The lowest BCUT2D eigenvalue weighted by atomic mass is 10.0. The monoisotopic (exact) mass is 489 g/mol. The van der Waals surface area contributed by atoms with Gasteiger partial charge in [-0.1, -0.05) is 82.9 Å². The fourth-order valence-electron chi connectivity index (χ4n) is 3.36. The van der Waals surface area contributed by atoms with Gasteiger partial charge in [-0.3, -0.25) is 0 Å². The number of hydrogen-bond acceptors (Lipinski definition) is 7. The third kappa shape index (κ3) is 14.5. The Morgan fingerprint density at radius 2 is 1.33 bits per heavy atom. The van der Waals surface area contributed by atoms with Gasteiger partial charge in [0.15, 0.2) is 6.29 Å². The van der Waals surface area contributed by atoms with Crippen molar-refractivity contribution in [2.75, 3.05) is 0 Å². The highest BCUT2D eigenvalue weighted by atomic mass is 32.2. The lowest BCUT2D eigenvalue weighted by Gasteiger charge is -2.21. The third-order valence-electron chi connectivity index (χ3n) is 5.41. The van der Waals surface area contributed by atoms with E-state index in [0.29, 0.717) is 0 Å². The van der Waals surface area contributed by atoms with Gasteiger partial charge in [0.2, 0.25) is 10.0 Å². The van der Waals surface area contributed by atoms with Crippen molar-refractivity contribution in [2.24, 2.45) is 5.14 Å². The maximum Gasteiger partial charge on any atom is 0.238 e. The van der Waals surface area contributed by atoms with Gasteiger partial charge in [0.25, 0.3) is 0 Å². The molecule has 0 spiro atoms. The largest absolute Gasteiger partial charge is 0.391 e. The highest BCUT2D eigenvalue weighted by Crippen LogP contribution is 2.17. The van der Waals surface area contributed by atoms with Crippen LogP contribution in [0.2, 0.25) is 0 Å². The number of rotatable bonds is 16. The van der Waals surface area contributed by atoms with E-state index in [1.54, 1.807) is 12.1 Å². The second-order valence-corrected chi connectivity index (χ2v) is 9.96. The van der Waals surface area contributed by atoms with Crippen molar-refractivity contribution in [2.45, 2.75) is 114 Å². The second-order valence-electron chi connectivity index (χ2n) is 8.43. The van der Waals surface area contributed by atoms with Crippen molar-refractivity contribution in [3.8, 4) is 0 Å². The van der Waals surface area contributed by atoms with Crippen LogP contribution in [0.5, 0.6) is 0 Å². The molecule has 0 aliphatic rings. The molecule has 0 bridgehead atoms. The fraction of sp³-hybridized carbons (Fsp3) is 0.708. The molecule has 0 aliphatic heterocycles. The number of nitrogens with two attached hydrogens (primary N) is 1. The van der Waals surface area contributed by atoms with Gasteiger partial charge in [-0.05, 0) is 31.4 Å². The normalized spacial score (nSPS) is 15.1. The molecular weight excluding hydrogens is 446 g/mol. The van der Waals surface area contributed by atoms with Gasteiger partial charge in [-0.25, -0.2) is 13.6 Å². The number of unbranched alkanes of at least 4 members (excludes halogenated alkanes) is 9. The molecule has 1 aromatic carbocycles. The highest BCUT2D eigenvalue weighted by molar-refractivity contribution is 7.89. The van der Waals surface area contributed by atoms with Gasteiger partial charge in [0.1, 0.15) is 18.3 Å². The Bertz CT molecular complexity index is 740. The predicted molar refractivity (Wildman–Crippen MR) is 129 cm³/mol. The van der Waals surface area contributed by atoms with Crippen molar-refractivity contribution in [1.29, 1.82) is 0 Å². The molecular formula is C24H43NO7S. The summed E-state index contributed by atoms with van der Waals surface area (Å²) in [4.78, 5) is 10.2. The van der Waals surface area contributed by atoms with E-state index in [4.69, 9.17) is 25.6 Å². The first-order valence-corrected chi connectivity index (χ1v) is 13.4. The Morgan fingerprint density at radius 1 is 0.848 bits per heavy atom. The third-order valence-corrected chi connectivity index (χ3v) is 6.42. The van der Waals surface area contributed by atoms with E-state index in [2.05, 4.69) is 6.92 Å². The van der Waals surface area contributed by atoms with Gasteiger partial charge in [-0.2, -0.15) is 0 Å². The van der Waals surface area contributed by atoms with Gasteiger partial charge in [0, 0.05) is 0 Å². The topological polar surface area (TPSA) is 158 Å². The summed E-state index contributed by atoms with van der Waals surface area (Å²) in [5.41, 5.74) is 0.851. The zero-order chi connectivity index (χ0) is 25.3. The molecule has 9 heteroatoms. The summed E-state index contributed by atoms with van der Waals surface area (Å²) >= 11 is 0. The molecule has 0 saturated carbocycles. The Morgan fingerprint density at radius 3 is 1.79 bits per heavy atom. The van der Waals surface area contributed by atoms with Crippen LogP contribution in [0.25, 0.3) is 0 Å². The van der Waals surface area contributed by atoms with E-state index in [1.165, 1.54) is 58.3 Å². The van der Waals surface area contributed by atoms with Crippen LogP contribution in [0.4, 0.5) is 0 Å². The number of aliphatic hydroxyl groups is 4. The molecule has 0 saturated heterocycles. The molecule has 0 heterocycles. The number of benzene rings is 1. The molecule has 33 heavy (non-hydrogen) atoms. The number of aliphatic hydroxyl groups excluding tert-OH is 4. The molecule has 1 rings (SSSR count). The summed E-state index contributed by atoms with van der Waals surface area (Å²) in [6, 6.07) is 7.07. The van der Waals surface area contributed by atoms with Crippen LogP contribution in [0.1, 0.15) is 83.6 Å². The minimum absolute atomic E-state index is 0.0935. The van der Waals surface area contributed by atoms with Crippen LogP contribution in [-0.4, -0.2) is 59.5 Å². The molecule has 0 fully saturated rings. The molecule has 0 radical (unpaired) electrons. The number of aldehydes is 1. The lowest BCUT2D eigenvalue weighted by Crippen LogP contribution is -2.43. The number of primary sulfonamides is 1. The maximum atomic E-state index is 11.5. The zero-order valence-electron chi connectivity index (χ0n) is 20.0. The van der Waals surface area contributed by atoms with Crippen LogP contribution in [-0.2, 0) is 21.2 Å². The molecule has 192 valence electrons. The summed E-state index contributed by atoms with van der Waals surface area (Å²) < 4.78 is 23.0. The van der Waals surface area contributed by atoms with Crippen molar-refractivity contribution < 1.29 is 33.6 Å². The maximum absolute atomic E-state index is 11.5. The van der Waals surface area contributed by atoms with E-state index in [-0.39, 0.29) is 11.2 Å². The van der Waals surface area contributed by atoms with Gasteiger partial charge in [-0.15, -0.1) is 0 Å². The number of carbonyl (C=O) groups excluding carboxylic acids is 1. The number of sulfonamides is 1. The molecule has 1 aromatic rings. The number of hydrogen-bond donors (Lipinski definition) is 5. The van der Waals surface area contributed by atoms with E-state index in [0.717, 1.165) is 24.8 Å². The number of carbonyl (C=O) groups is 1. The number of aryl methyl sites for hydroxylation is 1. The molecule has 8 nitrogen and oxygen atoms in total. The predicted octanol–water partition coefficient (Wildman–Crippen LogP) is 2.45. The molecule has 0 amide bonds. The lowest BCUT2D eigenvalue weighted by molar-refractivity contribution is -0.132. The molecule has 6 N–H and O–H groups in total. The van der Waals surface area contributed by atoms with Crippen LogP contribution >= 0.6 is 0 Å². The SMILES string of the molecule is CC(O)C(O)C(O)C(O)C=O.CCCCCCCCCCCCc1ccccc1S(N)(=O)=O. The van der Waals surface area contributed by atoms with Crippen molar-refractivity contribution in [3.05, 3.63) is 29.8 Å². The minimum Gasteiger partial charge on any atom is -0.391 e. The zero-order valence-corrected chi connectivity index (χ0v) is 20.8. The second kappa shape index (κ2) is 18.0. The average molecular weight is 490 g/mol.